The van der Waals surface area contributed by atoms with Crippen molar-refractivity contribution in [3.8, 4) is 5.75 Å². The van der Waals surface area contributed by atoms with Gasteiger partial charge in [-0.3, -0.25) is 0 Å². The quantitative estimate of drug-likeness (QED) is 0.510. The minimum Gasteiger partial charge on any atom is -0.507 e. The average molecular weight is 344 g/mol. The first kappa shape index (κ1) is 17.3. The summed E-state index contributed by atoms with van der Waals surface area (Å²) < 4.78 is 13.2. The zero-order chi connectivity index (χ0) is 18.2. The smallest absolute Gasteiger partial charge is 0.124 e. The van der Waals surface area contributed by atoms with Crippen LogP contribution >= 0.6 is 0 Å². The lowest BCUT2D eigenvalue weighted by Gasteiger charge is -2.01. The lowest BCUT2D eigenvalue weighted by Crippen LogP contribution is -1.96. The number of hydrogen-bond acceptors (Lipinski definition) is 3. The molecule has 128 valence electrons. The molecule has 0 aliphatic heterocycles. The number of nitrogens with zero attached hydrogens (tertiary/aromatic N) is 2. The fourth-order valence-corrected chi connectivity index (χ4v) is 2.30. The molecule has 0 saturated carbocycles. The van der Waals surface area contributed by atoms with Crippen LogP contribution in [0.15, 0.2) is 95.1 Å². The van der Waals surface area contributed by atoms with E-state index in [0.717, 1.165) is 11.1 Å². The molecule has 0 fully saturated rings. The molecule has 4 heteroatoms. The van der Waals surface area contributed by atoms with Gasteiger partial charge in [-0.2, -0.15) is 10.2 Å². The molecule has 26 heavy (non-hydrogen) atoms. The summed E-state index contributed by atoms with van der Waals surface area (Å²) in [6.45, 7) is 0. The molecule has 1 N–H and O–H groups in total. The third kappa shape index (κ3) is 4.74. The number of phenolic OH excluding ortho intramolecular Hbond substituents is 1. The van der Waals surface area contributed by atoms with Crippen LogP contribution in [0.25, 0.3) is 6.08 Å². The highest BCUT2D eigenvalue weighted by atomic mass is 19.1. The van der Waals surface area contributed by atoms with Gasteiger partial charge < -0.3 is 5.11 Å². The van der Waals surface area contributed by atoms with Crippen molar-refractivity contribution < 1.29 is 9.50 Å². The zero-order valence-corrected chi connectivity index (χ0v) is 14.0. The zero-order valence-electron chi connectivity index (χ0n) is 14.0. The van der Waals surface area contributed by atoms with Crippen LogP contribution in [0.3, 0.4) is 0 Å². The first-order chi connectivity index (χ1) is 12.7. The van der Waals surface area contributed by atoms with Crippen molar-refractivity contribution in [1.82, 2.24) is 0 Å². The standard InChI is InChI=1S/C22H17FN2O/c23-20-13-11-18(12-14-20)21(15-10-17-6-2-1-3-7-17)25-24-16-19-8-4-5-9-22(19)26/h1-16,26H/b15-10?,24-16+,25-21?. The van der Waals surface area contributed by atoms with Crippen molar-refractivity contribution in [2.24, 2.45) is 10.2 Å². The van der Waals surface area contributed by atoms with Gasteiger partial charge in [0, 0.05) is 11.1 Å². The van der Waals surface area contributed by atoms with Crippen molar-refractivity contribution >= 4 is 18.0 Å². The van der Waals surface area contributed by atoms with Crippen LogP contribution in [0.2, 0.25) is 0 Å². The molecule has 0 amide bonds. The number of para-hydroxylation sites is 1. The minimum absolute atomic E-state index is 0.134. The molecule has 0 aliphatic rings. The summed E-state index contributed by atoms with van der Waals surface area (Å²) in [5, 5.41) is 18.1. The van der Waals surface area contributed by atoms with Gasteiger partial charge >= 0.3 is 0 Å². The van der Waals surface area contributed by atoms with Crippen LogP contribution in [0, 0.1) is 5.82 Å². The molecule has 3 aromatic rings. The molecule has 0 aliphatic carbocycles. The van der Waals surface area contributed by atoms with Gasteiger partial charge in [-0.1, -0.05) is 48.5 Å². The Kier molecular flexibility index (Phi) is 5.68. The maximum Gasteiger partial charge on any atom is 0.124 e. The molecule has 3 rings (SSSR count). The molecule has 0 bridgehead atoms. The van der Waals surface area contributed by atoms with Crippen molar-refractivity contribution in [2.45, 2.75) is 0 Å². The first-order valence-electron chi connectivity index (χ1n) is 8.10. The molecule has 3 nitrogen and oxygen atoms in total. The van der Waals surface area contributed by atoms with E-state index in [1.807, 2.05) is 42.5 Å². The third-order valence-corrected chi connectivity index (χ3v) is 3.67. The largest absolute Gasteiger partial charge is 0.507 e. The lowest BCUT2D eigenvalue weighted by atomic mass is 10.1. The van der Waals surface area contributed by atoms with Crippen molar-refractivity contribution in [3.05, 3.63) is 107 Å². The topological polar surface area (TPSA) is 45.0 Å². The van der Waals surface area contributed by atoms with Crippen molar-refractivity contribution in [1.29, 1.82) is 0 Å². The molecule has 3 aromatic carbocycles. The highest BCUT2D eigenvalue weighted by Crippen LogP contribution is 2.13. The molecular weight excluding hydrogens is 327 g/mol. The van der Waals surface area contributed by atoms with E-state index in [1.54, 1.807) is 36.4 Å². The summed E-state index contributed by atoms with van der Waals surface area (Å²) in [6, 6.07) is 22.7. The van der Waals surface area contributed by atoms with Crippen LogP contribution in [0.4, 0.5) is 4.39 Å². The van der Waals surface area contributed by atoms with Crippen molar-refractivity contribution in [3.63, 3.8) is 0 Å². The fourth-order valence-electron chi connectivity index (χ4n) is 2.30. The molecule has 0 aromatic heterocycles. The van der Waals surface area contributed by atoms with Gasteiger partial charge in [0.25, 0.3) is 0 Å². The lowest BCUT2D eigenvalue weighted by molar-refractivity contribution is 0.474. The predicted molar refractivity (Wildman–Crippen MR) is 104 cm³/mol. The Balaban J connectivity index is 1.90. The molecule has 0 radical (unpaired) electrons. The number of benzene rings is 3. The van der Waals surface area contributed by atoms with Crippen LogP contribution in [-0.4, -0.2) is 17.0 Å². The SMILES string of the molecule is Oc1ccccc1/C=N/N=C(C=Cc1ccccc1)c1ccc(F)cc1. The first-order valence-corrected chi connectivity index (χ1v) is 8.10. The Morgan fingerprint density at radius 1 is 0.846 bits per heavy atom. The maximum atomic E-state index is 13.2. The van der Waals surface area contributed by atoms with Crippen LogP contribution in [0.5, 0.6) is 5.75 Å². The maximum absolute atomic E-state index is 13.2. The van der Waals surface area contributed by atoms with Crippen LogP contribution < -0.4 is 0 Å². The normalized spacial score (nSPS) is 12.1. The van der Waals surface area contributed by atoms with Gasteiger partial charge in [0.05, 0.1) is 11.9 Å². The monoisotopic (exact) mass is 344 g/mol. The molecule has 0 atom stereocenters. The number of halogens is 1. The summed E-state index contributed by atoms with van der Waals surface area (Å²) >= 11 is 0. The Labute approximate surface area is 151 Å². The molecule has 0 heterocycles. The Morgan fingerprint density at radius 2 is 1.54 bits per heavy atom. The summed E-state index contributed by atoms with van der Waals surface area (Å²) in [5.41, 5.74) is 2.92. The second-order valence-electron chi connectivity index (χ2n) is 5.54. The molecule has 0 unspecified atom stereocenters. The van der Waals surface area contributed by atoms with E-state index in [2.05, 4.69) is 10.2 Å². The molecule has 0 saturated heterocycles. The van der Waals surface area contributed by atoms with Gasteiger partial charge in [-0.15, -0.1) is 0 Å². The van der Waals surface area contributed by atoms with E-state index in [-0.39, 0.29) is 11.6 Å². The average Bonchev–Trinajstić information content (AvgIpc) is 2.67. The summed E-state index contributed by atoms with van der Waals surface area (Å²) in [5.74, 6) is -0.174. The fraction of sp³-hybridized carbons (Fsp3) is 0. The van der Waals surface area contributed by atoms with E-state index < -0.39 is 0 Å². The van der Waals surface area contributed by atoms with E-state index in [1.165, 1.54) is 18.3 Å². The third-order valence-electron chi connectivity index (χ3n) is 3.67. The number of hydrogen-bond donors (Lipinski definition) is 1. The number of phenols is 1. The molecular formula is C22H17FN2O. The number of aromatic hydroxyl groups is 1. The minimum atomic E-state index is -0.308. The van der Waals surface area contributed by atoms with Gasteiger partial charge in [-0.05, 0) is 48.0 Å². The highest BCUT2D eigenvalue weighted by Gasteiger charge is 2.01. The Morgan fingerprint density at radius 3 is 2.27 bits per heavy atom. The number of allylic oxidation sites excluding steroid dienone is 1. The van der Waals surface area contributed by atoms with E-state index in [4.69, 9.17) is 0 Å². The Hall–Kier alpha value is -3.53. The van der Waals surface area contributed by atoms with Gasteiger partial charge in [0.15, 0.2) is 0 Å². The summed E-state index contributed by atoms with van der Waals surface area (Å²) in [6.07, 6.45) is 5.22. The molecule has 0 spiro atoms. The van der Waals surface area contributed by atoms with E-state index in [9.17, 15) is 9.50 Å². The van der Waals surface area contributed by atoms with E-state index in [0.29, 0.717) is 11.3 Å². The summed E-state index contributed by atoms with van der Waals surface area (Å²) in [4.78, 5) is 0. The second kappa shape index (κ2) is 8.53. The number of rotatable bonds is 5. The van der Waals surface area contributed by atoms with Gasteiger partial charge in [0.1, 0.15) is 11.6 Å². The van der Waals surface area contributed by atoms with Crippen LogP contribution in [-0.2, 0) is 0 Å². The van der Waals surface area contributed by atoms with E-state index >= 15 is 0 Å². The van der Waals surface area contributed by atoms with Crippen LogP contribution in [0.1, 0.15) is 16.7 Å². The van der Waals surface area contributed by atoms with Gasteiger partial charge in [-0.25, -0.2) is 4.39 Å². The Bertz CT molecular complexity index is 945. The van der Waals surface area contributed by atoms with Crippen molar-refractivity contribution in [2.75, 3.05) is 0 Å². The summed E-state index contributed by atoms with van der Waals surface area (Å²) in [7, 11) is 0. The predicted octanol–water partition coefficient (Wildman–Crippen LogP) is 5.07. The van der Waals surface area contributed by atoms with Gasteiger partial charge in [0.2, 0.25) is 0 Å². The second-order valence-corrected chi connectivity index (χ2v) is 5.54. The highest BCUT2D eigenvalue weighted by molar-refractivity contribution is 6.10.